The quantitative estimate of drug-likeness (QED) is 0.280. The van der Waals surface area contributed by atoms with Crippen molar-refractivity contribution in [3.05, 3.63) is 37.0 Å². The highest BCUT2D eigenvalue weighted by Crippen LogP contribution is 2.05. The first kappa shape index (κ1) is 9.14. The number of hydrogen-bond acceptors (Lipinski definition) is 2. The maximum Gasteiger partial charge on any atom is 0.132 e. The second-order valence-electron chi connectivity index (χ2n) is 1.91. The molecule has 0 heterocycles. The molecule has 2 heteroatoms. The van der Waals surface area contributed by atoms with Crippen molar-refractivity contribution in [3.8, 4) is 0 Å². The number of rotatable bonds is 4. The lowest BCUT2D eigenvalue weighted by Crippen LogP contribution is -2.07. The minimum Gasteiger partial charge on any atom is -0.251 e. The first-order valence-electron chi connectivity index (χ1n) is 2.98. The van der Waals surface area contributed by atoms with Gasteiger partial charge in [-0.2, -0.15) is 0 Å². The van der Waals surface area contributed by atoms with Crippen molar-refractivity contribution in [2.75, 3.05) is 0 Å². The zero-order chi connectivity index (χ0) is 7.98. The molecule has 56 valence electrons. The van der Waals surface area contributed by atoms with Gasteiger partial charge in [-0.3, -0.25) is 5.26 Å². The molecule has 0 aliphatic heterocycles. The summed E-state index contributed by atoms with van der Waals surface area (Å²) in [6.07, 6.45) is 4.47. The Balaban J connectivity index is 4.12. The largest absolute Gasteiger partial charge is 0.251 e. The molecule has 1 N–H and O–H groups in total. The zero-order valence-corrected chi connectivity index (χ0v) is 6.08. The van der Waals surface area contributed by atoms with Crippen LogP contribution in [0.4, 0.5) is 0 Å². The number of hydrogen-bond donors (Lipinski definition) is 1. The van der Waals surface area contributed by atoms with Gasteiger partial charge in [0.1, 0.15) is 6.10 Å². The Morgan fingerprint density at radius 2 is 2.20 bits per heavy atom. The van der Waals surface area contributed by atoms with Crippen molar-refractivity contribution in [2.24, 2.45) is 0 Å². The van der Waals surface area contributed by atoms with E-state index in [1.54, 1.807) is 12.2 Å². The van der Waals surface area contributed by atoms with Gasteiger partial charge in [-0.1, -0.05) is 24.8 Å². The maximum absolute atomic E-state index is 8.28. The normalized spacial score (nSPS) is 14.4. The van der Waals surface area contributed by atoms with Gasteiger partial charge in [-0.15, -0.1) is 6.58 Å². The fourth-order valence-corrected chi connectivity index (χ4v) is 0.593. The lowest BCUT2D eigenvalue weighted by molar-refractivity contribution is -0.256. The molecule has 0 aromatic heterocycles. The smallest absolute Gasteiger partial charge is 0.132 e. The highest BCUT2D eigenvalue weighted by atomic mass is 17.1. The van der Waals surface area contributed by atoms with E-state index in [0.29, 0.717) is 0 Å². The molecule has 1 unspecified atom stereocenters. The monoisotopic (exact) mass is 140 g/mol. The van der Waals surface area contributed by atoms with Crippen molar-refractivity contribution in [1.82, 2.24) is 0 Å². The molecule has 0 fully saturated rings. The minimum absolute atomic E-state index is 0.419. The molecule has 0 rings (SSSR count). The van der Waals surface area contributed by atoms with E-state index in [0.717, 1.165) is 5.57 Å². The van der Waals surface area contributed by atoms with Crippen molar-refractivity contribution in [3.63, 3.8) is 0 Å². The van der Waals surface area contributed by atoms with Gasteiger partial charge in [0.15, 0.2) is 0 Å². The fraction of sp³-hybridized carbons (Fsp3) is 0.250. The molecule has 0 saturated carbocycles. The highest BCUT2D eigenvalue weighted by Gasteiger charge is 2.03. The average Bonchev–Trinajstić information content (AvgIpc) is 1.91. The second-order valence-corrected chi connectivity index (χ2v) is 1.91. The summed E-state index contributed by atoms with van der Waals surface area (Å²) in [4.78, 5) is 4.08. The Morgan fingerprint density at radius 3 is 2.50 bits per heavy atom. The Labute approximate surface area is 61.1 Å². The van der Waals surface area contributed by atoms with Gasteiger partial charge in [0.05, 0.1) is 0 Å². The molecule has 0 aliphatic carbocycles. The molecule has 10 heavy (non-hydrogen) atoms. The van der Waals surface area contributed by atoms with Gasteiger partial charge in [0.25, 0.3) is 0 Å². The molecular formula is C8H12O2. The number of allylic oxidation sites excluding steroid dienone is 2. The minimum atomic E-state index is -0.419. The van der Waals surface area contributed by atoms with E-state index in [4.69, 9.17) is 5.26 Å². The van der Waals surface area contributed by atoms with Gasteiger partial charge in [-0.25, -0.2) is 4.89 Å². The molecule has 1 atom stereocenters. The van der Waals surface area contributed by atoms with E-state index in [9.17, 15) is 0 Å². The first-order valence-corrected chi connectivity index (χ1v) is 2.98. The highest BCUT2D eigenvalue weighted by molar-refractivity contribution is 5.16. The molecule has 0 spiro atoms. The summed E-state index contributed by atoms with van der Waals surface area (Å²) in [5, 5.41) is 8.28. The summed E-state index contributed by atoms with van der Waals surface area (Å²) in [5.41, 5.74) is 0.868. The SMILES string of the molecule is C=C/C=C(\C)C(C=C)OO. The molecule has 2 nitrogen and oxygen atoms in total. The Kier molecular flexibility index (Phi) is 4.54. The third kappa shape index (κ3) is 2.62. The maximum atomic E-state index is 8.28. The lowest BCUT2D eigenvalue weighted by Gasteiger charge is -2.06. The van der Waals surface area contributed by atoms with Gasteiger partial charge >= 0.3 is 0 Å². The van der Waals surface area contributed by atoms with Crippen LogP contribution in [0.1, 0.15) is 6.92 Å². The van der Waals surface area contributed by atoms with Gasteiger partial charge in [0.2, 0.25) is 0 Å². The predicted molar refractivity (Wildman–Crippen MR) is 41.7 cm³/mol. The van der Waals surface area contributed by atoms with E-state index < -0.39 is 6.10 Å². The zero-order valence-electron chi connectivity index (χ0n) is 6.08. The van der Waals surface area contributed by atoms with Crippen LogP contribution >= 0.6 is 0 Å². The summed E-state index contributed by atoms with van der Waals surface area (Å²) in [6, 6.07) is 0. The topological polar surface area (TPSA) is 29.5 Å². The van der Waals surface area contributed by atoms with Crippen LogP contribution in [0.3, 0.4) is 0 Å². The van der Waals surface area contributed by atoms with Crippen LogP contribution in [0.2, 0.25) is 0 Å². The summed E-state index contributed by atoms with van der Waals surface area (Å²) in [6.45, 7) is 8.80. The van der Waals surface area contributed by atoms with E-state index in [2.05, 4.69) is 18.0 Å². The molecule has 0 saturated heterocycles. The first-order chi connectivity index (χ1) is 4.76. The van der Waals surface area contributed by atoms with Crippen LogP contribution in [0.5, 0.6) is 0 Å². The molecule has 0 amide bonds. The van der Waals surface area contributed by atoms with Crippen LogP contribution in [-0.4, -0.2) is 11.4 Å². The van der Waals surface area contributed by atoms with Gasteiger partial charge in [-0.05, 0) is 12.5 Å². The van der Waals surface area contributed by atoms with Crippen molar-refractivity contribution >= 4 is 0 Å². The molecule has 0 aliphatic rings. The summed E-state index contributed by atoms with van der Waals surface area (Å²) in [7, 11) is 0. The lowest BCUT2D eigenvalue weighted by atomic mass is 10.1. The van der Waals surface area contributed by atoms with Crippen molar-refractivity contribution in [2.45, 2.75) is 13.0 Å². The van der Waals surface area contributed by atoms with E-state index in [1.807, 2.05) is 6.92 Å². The fourth-order valence-electron chi connectivity index (χ4n) is 0.593. The molecule has 0 bridgehead atoms. The molecule has 0 aromatic rings. The van der Waals surface area contributed by atoms with Gasteiger partial charge < -0.3 is 0 Å². The van der Waals surface area contributed by atoms with Crippen molar-refractivity contribution in [1.29, 1.82) is 0 Å². The Hall–Kier alpha value is -0.860. The summed E-state index contributed by atoms with van der Waals surface area (Å²) >= 11 is 0. The van der Waals surface area contributed by atoms with Crippen LogP contribution < -0.4 is 0 Å². The van der Waals surface area contributed by atoms with Crippen molar-refractivity contribution < 1.29 is 10.1 Å². The summed E-state index contributed by atoms with van der Waals surface area (Å²) in [5.74, 6) is 0. The van der Waals surface area contributed by atoms with Crippen LogP contribution in [0, 0.1) is 0 Å². The second kappa shape index (κ2) is 4.97. The van der Waals surface area contributed by atoms with E-state index in [1.165, 1.54) is 6.08 Å². The van der Waals surface area contributed by atoms with Gasteiger partial charge in [0, 0.05) is 0 Å². The van der Waals surface area contributed by atoms with Crippen LogP contribution in [-0.2, 0) is 4.89 Å². The average molecular weight is 140 g/mol. The molecule has 0 aromatic carbocycles. The van der Waals surface area contributed by atoms with E-state index in [-0.39, 0.29) is 0 Å². The standard InChI is InChI=1S/C8H12O2/c1-4-6-7(3)8(5-2)10-9/h4-6,8-9H,1-2H2,3H3/b7-6+. The van der Waals surface area contributed by atoms with Crippen LogP contribution in [0.15, 0.2) is 37.0 Å². The Morgan fingerprint density at radius 1 is 1.60 bits per heavy atom. The van der Waals surface area contributed by atoms with E-state index >= 15 is 0 Å². The molecular weight excluding hydrogens is 128 g/mol. The molecule has 0 radical (unpaired) electrons. The van der Waals surface area contributed by atoms with Crippen LogP contribution in [0.25, 0.3) is 0 Å². The summed E-state index contributed by atoms with van der Waals surface area (Å²) < 4.78 is 0. The predicted octanol–water partition coefficient (Wildman–Crippen LogP) is 2.16. The Bertz CT molecular complexity index is 147. The third-order valence-electron chi connectivity index (χ3n) is 1.16. The third-order valence-corrected chi connectivity index (χ3v) is 1.16.